The largest absolute Gasteiger partial charge is 0.497 e. The molecule has 2 aromatic rings. The monoisotopic (exact) mass is 428 g/mol. The number of carbonyl (C=O) groups is 2. The molecule has 0 radical (unpaired) electrons. The van der Waals surface area contributed by atoms with E-state index in [1.807, 2.05) is 6.07 Å². The van der Waals surface area contributed by atoms with Gasteiger partial charge in [0, 0.05) is 5.69 Å². The van der Waals surface area contributed by atoms with E-state index in [1.54, 1.807) is 69.5 Å². The van der Waals surface area contributed by atoms with Gasteiger partial charge in [0.1, 0.15) is 17.9 Å². The number of hydrogen-bond acceptors (Lipinski definition) is 7. The van der Waals surface area contributed by atoms with Crippen molar-refractivity contribution >= 4 is 17.6 Å². The normalized spacial score (nSPS) is 19.2. The van der Waals surface area contributed by atoms with Gasteiger partial charge in [-0.1, -0.05) is 30.3 Å². The molecular formula is C23H28N2O6. The molecular weight excluding hydrogens is 400 g/mol. The van der Waals surface area contributed by atoms with Crippen LogP contribution in [0.4, 0.5) is 5.69 Å². The fourth-order valence-electron chi connectivity index (χ4n) is 3.35. The summed E-state index contributed by atoms with van der Waals surface area (Å²) in [6, 6.07) is 14.3. The molecule has 3 rings (SSSR count). The third-order valence-electron chi connectivity index (χ3n) is 4.95. The van der Waals surface area contributed by atoms with Crippen molar-refractivity contribution in [3.63, 3.8) is 0 Å². The zero-order chi connectivity index (χ0) is 22.4. The summed E-state index contributed by atoms with van der Waals surface area (Å²) in [7, 11) is 2.87. The van der Waals surface area contributed by atoms with Gasteiger partial charge in [-0.15, -0.1) is 0 Å². The van der Waals surface area contributed by atoms with E-state index in [0.29, 0.717) is 17.0 Å². The lowest BCUT2D eigenvalue weighted by Crippen LogP contribution is -2.50. The van der Waals surface area contributed by atoms with Crippen LogP contribution in [0.1, 0.15) is 25.5 Å². The molecule has 1 saturated heterocycles. The molecule has 0 aliphatic carbocycles. The summed E-state index contributed by atoms with van der Waals surface area (Å²) in [6.45, 7) is 3.80. The number of amides is 1. The van der Waals surface area contributed by atoms with Crippen LogP contribution in [0.15, 0.2) is 54.6 Å². The van der Waals surface area contributed by atoms with E-state index in [4.69, 9.17) is 18.9 Å². The van der Waals surface area contributed by atoms with Crippen LogP contribution < -0.4 is 15.4 Å². The first-order valence-electron chi connectivity index (χ1n) is 9.98. The van der Waals surface area contributed by atoms with E-state index < -0.39 is 35.9 Å². The van der Waals surface area contributed by atoms with Gasteiger partial charge in [0.25, 0.3) is 0 Å². The van der Waals surface area contributed by atoms with Crippen LogP contribution in [0.25, 0.3) is 0 Å². The number of benzene rings is 2. The first-order valence-corrected chi connectivity index (χ1v) is 9.98. The first kappa shape index (κ1) is 22.6. The molecule has 2 aromatic carbocycles. The molecule has 1 heterocycles. The van der Waals surface area contributed by atoms with E-state index >= 15 is 0 Å². The highest BCUT2D eigenvalue weighted by atomic mass is 16.7. The maximum atomic E-state index is 13.3. The minimum atomic E-state index is -0.950. The quantitative estimate of drug-likeness (QED) is 0.624. The first-order chi connectivity index (χ1) is 14.8. The SMILES string of the molecule is COC(=O)[C@@H](NC(=O)[C@@H](Nc1ccc(OC)cc1)[C@H]1COC(C)(C)O1)c1ccccc1. The Hall–Kier alpha value is -3.10. The van der Waals surface area contributed by atoms with Crippen molar-refractivity contribution in [3.05, 3.63) is 60.2 Å². The van der Waals surface area contributed by atoms with Gasteiger partial charge in [-0.25, -0.2) is 4.79 Å². The number of rotatable bonds is 8. The molecule has 0 aromatic heterocycles. The number of carbonyl (C=O) groups excluding carboxylic acids is 2. The second-order valence-corrected chi connectivity index (χ2v) is 7.59. The standard InChI is InChI=1S/C23H28N2O6/c1-23(2)30-14-18(31-23)20(24-16-10-12-17(28-3)13-11-16)21(26)25-19(22(27)29-4)15-8-6-5-7-9-15/h5-13,18-20,24H,14H2,1-4H3,(H,25,26)/t18-,19+,20+/m1/s1. The zero-order valence-electron chi connectivity index (χ0n) is 18.1. The maximum Gasteiger partial charge on any atom is 0.333 e. The average molecular weight is 428 g/mol. The van der Waals surface area contributed by atoms with Crippen molar-refractivity contribution in [1.82, 2.24) is 5.32 Å². The van der Waals surface area contributed by atoms with E-state index in [1.165, 1.54) is 7.11 Å². The fraction of sp³-hybridized carbons (Fsp3) is 0.391. The van der Waals surface area contributed by atoms with Crippen molar-refractivity contribution < 1.29 is 28.5 Å². The van der Waals surface area contributed by atoms with Crippen molar-refractivity contribution in [1.29, 1.82) is 0 Å². The Morgan fingerprint density at radius 2 is 1.74 bits per heavy atom. The van der Waals surface area contributed by atoms with Crippen LogP contribution in [0.2, 0.25) is 0 Å². The van der Waals surface area contributed by atoms with Crippen molar-refractivity contribution in [2.45, 2.75) is 37.8 Å². The van der Waals surface area contributed by atoms with Crippen molar-refractivity contribution in [2.75, 3.05) is 26.1 Å². The molecule has 3 atom stereocenters. The van der Waals surface area contributed by atoms with E-state index in [0.717, 1.165) is 0 Å². The Bertz CT molecular complexity index is 885. The van der Waals surface area contributed by atoms with Gasteiger partial charge in [0.05, 0.1) is 20.8 Å². The number of nitrogens with one attached hydrogen (secondary N) is 2. The van der Waals surface area contributed by atoms with Gasteiger partial charge in [-0.3, -0.25) is 4.79 Å². The van der Waals surface area contributed by atoms with Crippen LogP contribution in [0, 0.1) is 0 Å². The molecule has 1 amide bonds. The summed E-state index contributed by atoms with van der Waals surface area (Å²) >= 11 is 0. The maximum absolute atomic E-state index is 13.3. The molecule has 0 saturated carbocycles. The smallest absolute Gasteiger partial charge is 0.333 e. The Labute approximate surface area is 181 Å². The van der Waals surface area contributed by atoms with Crippen LogP contribution >= 0.6 is 0 Å². The summed E-state index contributed by atoms with van der Waals surface area (Å²) in [5, 5.41) is 5.99. The lowest BCUT2D eigenvalue weighted by atomic mass is 10.0. The van der Waals surface area contributed by atoms with Gasteiger partial charge >= 0.3 is 5.97 Å². The van der Waals surface area contributed by atoms with Gasteiger partial charge < -0.3 is 29.6 Å². The minimum absolute atomic E-state index is 0.225. The van der Waals surface area contributed by atoms with Crippen LogP contribution in [0.5, 0.6) is 5.75 Å². The molecule has 8 heteroatoms. The Morgan fingerprint density at radius 1 is 1.06 bits per heavy atom. The number of hydrogen-bond donors (Lipinski definition) is 2. The predicted octanol–water partition coefficient (Wildman–Crippen LogP) is 2.66. The third-order valence-corrected chi connectivity index (χ3v) is 4.95. The summed E-state index contributed by atoms with van der Waals surface area (Å²) in [5.41, 5.74) is 1.32. The second-order valence-electron chi connectivity index (χ2n) is 7.59. The highest BCUT2D eigenvalue weighted by molar-refractivity contribution is 5.90. The Kier molecular flexibility index (Phi) is 7.14. The molecule has 1 aliphatic heterocycles. The molecule has 31 heavy (non-hydrogen) atoms. The summed E-state index contributed by atoms with van der Waals surface area (Å²) < 4.78 is 21.7. The molecule has 0 bridgehead atoms. The molecule has 0 spiro atoms. The molecule has 1 fully saturated rings. The minimum Gasteiger partial charge on any atom is -0.497 e. The van der Waals surface area contributed by atoms with E-state index in [2.05, 4.69) is 10.6 Å². The Balaban J connectivity index is 1.84. The lowest BCUT2D eigenvalue weighted by Gasteiger charge is -2.27. The van der Waals surface area contributed by atoms with Crippen LogP contribution in [-0.4, -0.2) is 50.6 Å². The predicted molar refractivity (Wildman–Crippen MR) is 115 cm³/mol. The van der Waals surface area contributed by atoms with Gasteiger partial charge in [0.2, 0.25) is 5.91 Å². The van der Waals surface area contributed by atoms with Crippen LogP contribution in [0.3, 0.4) is 0 Å². The van der Waals surface area contributed by atoms with E-state index in [-0.39, 0.29) is 6.61 Å². The average Bonchev–Trinajstić information content (AvgIpc) is 3.15. The zero-order valence-corrected chi connectivity index (χ0v) is 18.1. The van der Waals surface area contributed by atoms with Gasteiger partial charge in [-0.05, 0) is 43.7 Å². The molecule has 0 unspecified atom stereocenters. The number of anilines is 1. The van der Waals surface area contributed by atoms with Gasteiger partial charge in [-0.2, -0.15) is 0 Å². The number of esters is 1. The molecule has 8 nitrogen and oxygen atoms in total. The highest BCUT2D eigenvalue weighted by Gasteiger charge is 2.41. The summed E-state index contributed by atoms with van der Waals surface area (Å²) in [5.74, 6) is -1.10. The molecule has 166 valence electrons. The highest BCUT2D eigenvalue weighted by Crippen LogP contribution is 2.27. The van der Waals surface area contributed by atoms with Crippen molar-refractivity contribution in [2.24, 2.45) is 0 Å². The molecule has 1 aliphatic rings. The fourth-order valence-corrected chi connectivity index (χ4v) is 3.35. The number of ether oxygens (including phenoxy) is 4. The number of methoxy groups -OCH3 is 2. The lowest BCUT2D eigenvalue weighted by molar-refractivity contribution is -0.149. The van der Waals surface area contributed by atoms with E-state index in [9.17, 15) is 9.59 Å². The molecule has 2 N–H and O–H groups in total. The van der Waals surface area contributed by atoms with Crippen molar-refractivity contribution in [3.8, 4) is 5.75 Å². The van der Waals surface area contributed by atoms with Crippen LogP contribution in [-0.2, 0) is 23.8 Å². The Morgan fingerprint density at radius 3 is 2.29 bits per heavy atom. The van der Waals surface area contributed by atoms with Gasteiger partial charge in [0.15, 0.2) is 11.8 Å². The summed E-state index contributed by atoms with van der Waals surface area (Å²) in [4.78, 5) is 25.7. The topological polar surface area (TPSA) is 95.1 Å². The third kappa shape index (κ3) is 5.74. The summed E-state index contributed by atoms with van der Waals surface area (Å²) in [6.07, 6.45) is -0.564. The second kappa shape index (κ2) is 9.80.